The molecule has 2 aromatic rings. The third kappa shape index (κ3) is 9.28. The van der Waals surface area contributed by atoms with Gasteiger partial charge in [0.25, 0.3) is 0 Å². The van der Waals surface area contributed by atoms with Gasteiger partial charge < -0.3 is 19.0 Å². The molecular formula is C38H49F3N2O6. The molecule has 3 aliphatic rings. The first-order valence-electron chi connectivity index (χ1n) is 17.2. The third-order valence-electron chi connectivity index (χ3n) is 9.15. The number of hydrogen-bond donors (Lipinski definition) is 0. The molecule has 268 valence electrons. The SMILES string of the molecule is C/C(=N\OCc1ccc(OC2CCCC2)c(C(F)(F)F)c1)c1ccc2c(c1)CCC2N(CC1(C(=O)OC(C)(C)C)CC1)C(=O)OC(C)(C)C. The van der Waals surface area contributed by atoms with Crippen molar-refractivity contribution in [3.63, 3.8) is 0 Å². The molecule has 11 heteroatoms. The van der Waals surface area contributed by atoms with Crippen molar-refractivity contribution < 1.29 is 41.8 Å². The summed E-state index contributed by atoms with van der Waals surface area (Å²) in [5, 5.41) is 4.21. The summed E-state index contributed by atoms with van der Waals surface area (Å²) in [5.41, 5.74) is 0.802. The summed E-state index contributed by atoms with van der Waals surface area (Å²) in [6.45, 7) is 12.8. The van der Waals surface area contributed by atoms with Gasteiger partial charge in [-0.2, -0.15) is 13.2 Å². The number of esters is 1. The van der Waals surface area contributed by atoms with Gasteiger partial charge in [0, 0.05) is 6.54 Å². The molecular weight excluding hydrogens is 637 g/mol. The molecule has 2 saturated carbocycles. The Hall–Kier alpha value is -3.76. The van der Waals surface area contributed by atoms with Crippen LogP contribution in [0.5, 0.6) is 5.75 Å². The van der Waals surface area contributed by atoms with E-state index in [1.165, 1.54) is 6.07 Å². The highest BCUT2D eigenvalue weighted by molar-refractivity contribution is 5.98. The highest BCUT2D eigenvalue weighted by atomic mass is 19.4. The zero-order chi connectivity index (χ0) is 35.8. The van der Waals surface area contributed by atoms with E-state index >= 15 is 0 Å². The second kappa shape index (κ2) is 13.9. The Bertz CT molecular complexity index is 1560. The zero-order valence-electron chi connectivity index (χ0n) is 29.7. The molecule has 0 bridgehead atoms. The Morgan fingerprint density at radius 2 is 1.59 bits per heavy atom. The number of alkyl halides is 3. The van der Waals surface area contributed by atoms with Crippen molar-refractivity contribution in [1.29, 1.82) is 0 Å². The van der Waals surface area contributed by atoms with Crippen LogP contribution in [0.15, 0.2) is 41.6 Å². The van der Waals surface area contributed by atoms with Crippen molar-refractivity contribution in [2.24, 2.45) is 10.6 Å². The molecule has 0 N–H and O–H groups in total. The largest absolute Gasteiger partial charge is 0.490 e. The summed E-state index contributed by atoms with van der Waals surface area (Å²) >= 11 is 0. The van der Waals surface area contributed by atoms with E-state index in [1.54, 1.807) is 17.9 Å². The molecule has 0 saturated heterocycles. The van der Waals surface area contributed by atoms with Crippen LogP contribution in [0.1, 0.15) is 127 Å². The lowest BCUT2D eigenvalue weighted by molar-refractivity contribution is -0.162. The number of nitrogens with zero attached hydrogens (tertiary/aromatic N) is 2. The minimum Gasteiger partial charge on any atom is -0.490 e. The monoisotopic (exact) mass is 686 g/mol. The molecule has 2 aromatic carbocycles. The van der Waals surface area contributed by atoms with Gasteiger partial charge >= 0.3 is 18.2 Å². The summed E-state index contributed by atoms with van der Waals surface area (Å²) in [4.78, 5) is 34.0. The second-order valence-corrected chi connectivity index (χ2v) is 15.7. The average Bonchev–Trinajstić information content (AvgIpc) is 3.38. The topological polar surface area (TPSA) is 86.7 Å². The van der Waals surface area contributed by atoms with E-state index in [4.69, 9.17) is 19.0 Å². The van der Waals surface area contributed by atoms with Gasteiger partial charge in [0.05, 0.1) is 28.8 Å². The Kier molecular flexibility index (Phi) is 10.3. The number of amides is 1. The maximum Gasteiger partial charge on any atom is 0.419 e. The van der Waals surface area contributed by atoms with Gasteiger partial charge in [0.1, 0.15) is 23.6 Å². The van der Waals surface area contributed by atoms with Crippen LogP contribution in [0.4, 0.5) is 18.0 Å². The molecule has 2 fully saturated rings. The number of rotatable bonds is 10. The van der Waals surface area contributed by atoms with Crippen LogP contribution in [0.3, 0.4) is 0 Å². The van der Waals surface area contributed by atoms with Crippen LogP contribution >= 0.6 is 0 Å². The molecule has 1 unspecified atom stereocenters. The van der Waals surface area contributed by atoms with Crippen LogP contribution in [0.2, 0.25) is 0 Å². The Morgan fingerprint density at radius 1 is 0.918 bits per heavy atom. The number of hydrogen-bond acceptors (Lipinski definition) is 7. The average molecular weight is 687 g/mol. The van der Waals surface area contributed by atoms with Crippen LogP contribution in [0, 0.1) is 5.41 Å². The Morgan fingerprint density at radius 3 is 2.20 bits per heavy atom. The van der Waals surface area contributed by atoms with Crippen LogP contribution in [0.25, 0.3) is 0 Å². The third-order valence-corrected chi connectivity index (χ3v) is 9.15. The first-order chi connectivity index (χ1) is 22.8. The number of aryl methyl sites for hydroxylation is 1. The standard InChI is InChI=1S/C38H49F3N2O6/c1-24(42-46-22-25-12-17-32(30(20-25)38(39,40)41)47-28-10-8-9-11-28)26-13-15-29-27(21-26)14-16-31(29)43(34(45)49-36(5,6)7)23-37(18-19-37)33(44)48-35(2,3)4/h12-13,15,17,20-21,28,31H,8-11,14,16,18-19,22-23H2,1-7H3/b42-24+. The molecule has 0 radical (unpaired) electrons. The molecule has 3 aliphatic carbocycles. The van der Waals surface area contributed by atoms with Gasteiger partial charge in [-0.3, -0.25) is 9.69 Å². The summed E-state index contributed by atoms with van der Waals surface area (Å²) in [6.07, 6.45) is 0.880. The smallest absolute Gasteiger partial charge is 0.419 e. The molecule has 5 rings (SSSR count). The lowest BCUT2D eigenvalue weighted by atomic mass is 10.00. The lowest BCUT2D eigenvalue weighted by Crippen LogP contribution is -2.44. The number of carbonyl (C=O) groups is 2. The molecule has 8 nitrogen and oxygen atoms in total. The van der Waals surface area contributed by atoms with Crippen LogP contribution in [-0.4, -0.2) is 46.5 Å². The fourth-order valence-electron chi connectivity index (χ4n) is 6.49. The Labute approximate surface area is 287 Å². The number of oxime groups is 1. The van der Waals surface area contributed by atoms with Gasteiger partial charge in [-0.05, 0) is 140 Å². The van der Waals surface area contributed by atoms with Gasteiger partial charge in [-0.25, -0.2) is 4.79 Å². The molecule has 1 amide bonds. The normalized spacial score (nSPS) is 19.3. The van der Waals surface area contributed by atoms with E-state index in [-0.39, 0.29) is 37.0 Å². The maximum atomic E-state index is 13.9. The highest BCUT2D eigenvalue weighted by Gasteiger charge is 2.55. The minimum atomic E-state index is -4.56. The molecule has 0 spiro atoms. The van der Waals surface area contributed by atoms with Gasteiger partial charge in [0.15, 0.2) is 0 Å². The number of benzene rings is 2. The first-order valence-corrected chi connectivity index (χ1v) is 17.2. The van der Waals surface area contributed by atoms with E-state index < -0.39 is 34.5 Å². The summed E-state index contributed by atoms with van der Waals surface area (Å²) < 4.78 is 58.8. The highest BCUT2D eigenvalue weighted by Crippen LogP contribution is 2.50. The second-order valence-electron chi connectivity index (χ2n) is 15.7. The summed E-state index contributed by atoms with van der Waals surface area (Å²) in [6, 6.07) is 9.58. The summed E-state index contributed by atoms with van der Waals surface area (Å²) in [5.74, 6) is -0.446. The lowest BCUT2D eigenvalue weighted by Gasteiger charge is -2.35. The van der Waals surface area contributed by atoms with Gasteiger partial charge in [-0.1, -0.05) is 23.4 Å². The molecule has 49 heavy (non-hydrogen) atoms. The maximum absolute atomic E-state index is 13.9. The Balaban J connectivity index is 1.29. The van der Waals surface area contributed by atoms with Crippen LogP contribution < -0.4 is 4.74 Å². The van der Waals surface area contributed by atoms with Crippen molar-refractivity contribution in [1.82, 2.24) is 4.90 Å². The van der Waals surface area contributed by atoms with Crippen molar-refractivity contribution in [2.45, 2.75) is 136 Å². The van der Waals surface area contributed by atoms with Crippen molar-refractivity contribution >= 4 is 17.8 Å². The fourth-order valence-corrected chi connectivity index (χ4v) is 6.49. The molecule has 0 aliphatic heterocycles. The van der Waals surface area contributed by atoms with Crippen LogP contribution in [-0.2, 0) is 38.3 Å². The van der Waals surface area contributed by atoms with E-state index in [0.29, 0.717) is 37.0 Å². The van der Waals surface area contributed by atoms with E-state index in [0.717, 1.165) is 48.4 Å². The predicted octanol–water partition coefficient (Wildman–Crippen LogP) is 9.31. The molecule has 0 heterocycles. The van der Waals surface area contributed by atoms with Crippen molar-refractivity contribution in [3.8, 4) is 5.75 Å². The van der Waals surface area contributed by atoms with Gasteiger partial charge in [0.2, 0.25) is 0 Å². The minimum absolute atomic E-state index is 0.138. The van der Waals surface area contributed by atoms with Crippen molar-refractivity contribution in [3.05, 3.63) is 64.2 Å². The van der Waals surface area contributed by atoms with Gasteiger partial charge in [-0.15, -0.1) is 0 Å². The summed E-state index contributed by atoms with van der Waals surface area (Å²) in [7, 11) is 0. The van der Waals surface area contributed by atoms with E-state index in [1.807, 2.05) is 59.7 Å². The number of carbonyl (C=O) groups excluding carboxylic acids is 2. The predicted molar refractivity (Wildman–Crippen MR) is 179 cm³/mol. The molecule has 1 atom stereocenters. The number of halogens is 3. The first kappa shape index (κ1) is 36.5. The van der Waals surface area contributed by atoms with E-state index in [2.05, 4.69) is 5.16 Å². The van der Waals surface area contributed by atoms with E-state index in [9.17, 15) is 22.8 Å². The quantitative estimate of drug-likeness (QED) is 0.141. The number of fused-ring (bicyclic) bond motifs is 1. The van der Waals surface area contributed by atoms with Crippen molar-refractivity contribution in [2.75, 3.05) is 6.54 Å². The fraction of sp³-hybridized carbons (Fsp3) is 0.605. The molecule has 0 aromatic heterocycles. The zero-order valence-corrected chi connectivity index (χ0v) is 29.7. The number of ether oxygens (including phenoxy) is 3.